The zero-order valence-electron chi connectivity index (χ0n) is 15.1. The molecule has 1 aliphatic heterocycles. The second-order valence-corrected chi connectivity index (χ2v) is 7.09. The highest BCUT2D eigenvalue weighted by molar-refractivity contribution is 6.10. The van der Waals surface area contributed by atoms with E-state index in [4.69, 9.17) is 5.73 Å². The second-order valence-electron chi connectivity index (χ2n) is 7.09. The molecule has 1 atom stereocenters. The quantitative estimate of drug-likeness (QED) is 0.718. The number of carbonyl (C=O) groups excluding carboxylic acids is 1. The van der Waals surface area contributed by atoms with Crippen LogP contribution in [0.4, 0.5) is 5.95 Å². The number of hydrogen-bond acceptors (Lipinski definition) is 4. The highest BCUT2D eigenvalue weighted by atomic mass is 16.1. The molecule has 3 aromatic rings. The maximum absolute atomic E-state index is 12.8. The molecule has 0 amide bonds. The van der Waals surface area contributed by atoms with Crippen molar-refractivity contribution in [2.45, 2.75) is 31.8 Å². The molecule has 0 aliphatic carbocycles. The van der Waals surface area contributed by atoms with Crippen molar-refractivity contribution in [3.63, 3.8) is 0 Å². The molecular formula is C21H24N4O. The summed E-state index contributed by atoms with van der Waals surface area (Å²) in [5, 5.41) is 0. The van der Waals surface area contributed by atoms with Gasteiger partial charge in [0.25, 0.3) is 0 Å². The molecule has 0 saturated carbocycles. The van der Waals surface area contributed by atoms with Crippen molar-refractivity contribution in [1.29, 1.82) is 0 Å². The molecule has 5 heteroatoms. The van der Waals surface area contributed by atoms with Crippen molar-refractivity contribution in [1.82, 2.24) is 14.5 Å². The highest BCUT2D eigenvalue weighted by Gasteiger charge is 2.21. The van der Waals surface area contributed by atoms with Crippen LogP contribution in [0.2, 0.25) is 0 Å². The van der Waals surface area contributed by atoms with Crippen LogP contribution in [0.25, 0.3) is 11.0 Å². The molecule has 4 rings (SSSR count). The Hall–Kier alpha value is -2.66. The number of nitrogen functional groups attached to an aromatic ring is 1. The maximum atomic E-state index is 12.8. The first-order chi connectivity index (χ1) is 12.6. The predicted molar refractivity (Wildman–Crippen MR) is 104 cm³/mol. The van der Waals surface area contributed by atoms with Crippen LogP contribution in [0.1, 0.15) is 35.2 Å². The molecule has 5 nitrogen and oxygen atoms in total. The molecule has 2 aromatic carbocycles. The Morgan fingerprint density at radius 1 is 1.19 bits per heavy atom. The Kier molecular flexibility index (Phi) is 4.47. The monoisotopic (exact) mass is 348 g/mol. The van der Waals surface area contributed by atoms with Crippen LogP contribution in [-0.2, 0) is 6.54 Å². The topological polar surface area (TPSA) is 64.2 Å². The van der Waals surface area contributed by atoms with Gasteiger partial charge in [0, 0.05) is 23.7 Å². The first-order valence-electron chi connectivity index (χ1n) is 9.19. The van der Waals surface area contributed by atoms with Crippen LogP contribution >= 0.6 is 0 Å². The number of aryl methyl sites for hydroxylation is 1. The van der Waals surface area contributed by atoms with Gasteiger partial charge < -0.3 is 15.2 Å². The third-order valence-electron chi connectivity index (χ3n) is 5.43. The fourth-order valence-electron chi connectivity index (χ4n) is 3.90. The third-order valence-corrected chi connectivity index (χ3v) is 5.43. The largest absolute Gasteiger partial charge is 0.369 e. The zero-order valence-corrected chi connectivity index (χ0v) is 15.1. The van der Waals surface area contributed by atoms with Gasteiger partial charge in [-0.2, -0.15) is 0 Å². The molecule has 2 N–H and O–H groups in total. The van der Waals surface area contributed by atoms with E-state index in [1.54, 1.807) is 0 Å². The fourth-order valence-corrected chi connectivity index (χ4v) is 3.90. The van der Waals surface area contributed by atoms with E-state index in [2.05, 4.69) is 16.9 Å². The van der Waals surface area contributed by atoms with Gasteiger partial charge in [0.1, 0.15) is 0 Å². The Bertz CT molecular complexity index is 932. The Morgan fingerprint density at radius 3 is 2.73 bits per heavy atom. The third kappa shape index (κ3) is 3.10. The summed E-state index contributed by atoms with van der Waals surface area (Å²) in [5.74, 6) is 0.541. The minimum absolute atomic E-state index is 0.0225. The van der Waals surface area contributed by atoms with Gasteiger partial charge in [0.2, 0.25) is 5.95 Å². The lowest BCUT2D eigenvalue weighted by molar-refractivity contribution is 0.103. The number of ketones is 1. The van der Waals surface area contributed by atoms with E-state index in [1.807, 2.05) is 53.1 Å². The molecule has 134 valence electrons. The van der Waals surface area contributed by atoms with Crippen LogP contribution in [0.3, 0.4) is 0 Å². The number of hydrogen-bond donors (Lipinski definition) is 1. The molecule has 1 fully saturated rings. The number of imidazole rings is 1. The summed E-state index contributed by atoms with van der Waals surface area (Å²) in [7, 11) is 2.18. The zero-order chi connectivity index (χ0) is 18.1. The van der Waals surface area contributed by atoms with Gasteiger partial charge in [-0.3, -0.25) is 4.79 Å². The molecule has 1 aromatic heterocycles. The summed E-state index contributed by atoms with van der Waals surface area (Å²) in [6.07, 6.45) is 3.54. The van der Waals surface area contributed by atoms with Crippen molar-refractivity contribution >= 4 is 22.8 Å². The molecule has 1 aliphatic rings. The smallest absolute Gasteiger partial charge is 0.201 e. The Labute approximate surface area is 153 Å². The van der Waals surface area contributed by atoms with Crippen molar-refractivity contribution in [3.8, 4) is 0 Å². The molecular weight excluding hydrogens is 324 g/mol. The minimum atomic E-state index is 0.0225. The number of nitrogens with two attached hydrogens (primary N) is 1. The van der Waals surface area contributed by atoms with E-state index in [-0.39, 0.29) is 5.78 Å². The number of likely N-dealkylation sites (tertiary alicyclic amines) is 1. The standard InChI is InChI=1S/C21H24N4O/c1-24-12-5-8-17(24)11-13-25-19-14-16(9-10-18(19)23-21(25)22)20(26)15-6-3-2-4-7-15/h2-4,6-7,9-10,14,17H,5,8,11-13H2,1H3,(H2,22,23)/t17-/m0/s1. The number of aromatic nitrogens is 2. The normalized spacial score (nSPS) is 17.8. The molecule has 26 heavy (non-hydrogen) atoms. The van der Waals surface area contributed by atoms with Crippen LogP contribution < -0.4 is 5.73 Å². The van der Waals surface area contributed by atoms with Crippen molar-refractivity contribution in [2.75, 3.05) is 19.3 Å². The van der Waals surface area contributed by atoms with Crippen molar-refractivity contribution < 1.29 is 4.79 Å². The maximum Gasteiger partial charge on any atom is 0.201 e. The highest BCUT2D eigenvalue weighted by Crippen LogP contribution is 2.24. The van der Waals surface area contributed by atoms with Crippen LogP contribution in [0, 0.1) is 0 Å². The first kappa shape index (κ1) is 16.8. The van der Waals surface area contributed by atoms with Gasteiger partial charge in [-0.05, 0) is 51.1 Å². The minimum Gasteiger partial charge on any atom is -0.369 e. The van der Waals surface area contributed by atoms with E-state index in [9.17, 15) is 4.79 Å². The van der Waals surface area contributed by atoms with E-state index in [0.29, 0.717) is 23.1 Å². The van der Waals surface area contributed by atoms with E-state index >= 15 is 0 Å². The summed E-state index contributed by atoms with van der Waals surface area (Å²) < 4.78 is 2.04. The van der Waals surface area contributed by atoms with Gasteiger partial charge >= 0.3 is 0 Å². The summed E-state index contributed by atoms with van der Waals surface area (Å²) in [6, 6.07) is 15.6. The summed E-state index contributed by atoms with van der Waals surface area (Å²) in [4.78, 5) is 19.6. The average molecular weight is 348 g/mol. The molecule has 1 saturated heterocycles. The van der Waals surface area contributed by atoms with Gasteiger partial charge in [-0.15, -0.1) is 0 Å². The van der Waals surface area contributed by atoms with Crippen LogP contribution in [-0.4, -0.2) is 39.9 Å². The van der Waals surface area contributed by atoms with Gasteiger partial charge in [0.15, 0.2) is 5.78 Å². The van der Waals surface area contributed by atoms with Crippen LogP contribution in [0.15, 0.2) is 48.5 Å². The van der Waals surface area contributed by atoms with Crippen molar-refractivity contribution in [2.24, 2.45) is 0 Å². The Balaban J connectivity index is 1.63. The lowest BCUT2D eigenvalue weighted by atomic mass is 10.0. The van der Waals surface area contributed by atoms with E-state index in [1.165, 1.54) is 19.4 Å². The summed E-state index contributed by atoms with van der Waals surface area (Å²) in [5.41, 5.74) is 9.30. The average Bonchev–Trinajstić information content (AvgIpc) is 3.21. The number of rotatable bonds is 5. The Morgan fingerprint density at radius 2 is 2.00 bits per heavy atom. The lowest BCUT2D eigenvalue weighted by Crippen LogP contribution is -2.26. The van der Waals surface area contributed by atoms with Gasteiger partial charge in [0.05, 0.1) is 11.0 Å². The molecule has 0 radical (unpaired) electrons. The van der Waals surface area contributed by atoms with E-state index < -0.39 is 0 Å². The number of benzene rings is 2. The fraction of sp³-hybridized carbons (Fsp3) is 0.333. The van der Waals surface area contributed by atoms with Gasteiger partial charge in [-0.25, -0.2) is 4.98 Å². The SMILES string of the molecule is CN1CCC[C@H]1CCn1c(N)nc2ccc(C(=O)c3ccccc3)cc21. The van der Waals surface area contributed by atoms with E-state index in [0.717, 1.165) is 24.0 Å². The molecule has 2 heterocycles. The number of carbonyl (C=O) groups is 1. The molecule has 0 spiro atoms. The number of anilines is 1. The molecule has 0 bridgehead atoms. The van der Waals surface area contributed by atoms with Crippen molar-refractivity contribution in [3.05, 3.63) is 59.7 Å². The summed E-state index contributed by atoms with van der Waals surface area (Å²) >= 11 is 0. The first-order valence-corrected chi connectivity index (χ1v) is 9.19. The van der Waals surface area contributed by atoms with Gasteiger partial charge in [-0.1, -0.05) is 30.3 Å². The second kappa shape index (κ2) is 6.92. The molecule has 0 unspecified atom stereocenters. The summed E-state index contributed by atoms with van der Waals surface area (Å²) in [6.45, 7) is 1.99. The van der Waals surface area contributed by atoms with Crippen LogP contribution in [0.5, 0.6) is 0 Å². The lowest BCUT2D eigenvalue weighted by Gasteiger charge is -2.19. The number of fused-ring (bicyclic) bond motifs is 1. The number of nitrogens with zero attached hydrogens (tertiary/aromatic N) is 3. The predicted octanol–water partition coefficient (Wildman–Crippen LogP) is 3.33.